The average molecular weight is 239 g/mol. The molecule has 1 rings (SSSR count). The minimum atomic E-state index is -3.18. The summed E-state index contributed by atoms with van der Waals surface area (Å²) >= 11 is 0. The fourth-order valence-corrected chi connectivity index (χ4v) is 1.99. The van der Waals surface area contributed by atoms with Crippen molar-refractivity contribution < 1.29 is 13.2 Å². The fraction of sp³-hybridized carbons (Fsp3) is 0.182. The lowest BCUT2D eigenvalue weighted by Gasteiger charge is -2.04. The van der Waals surface area contributed by atoms with Crippen LogP contribution in [0, 0.1) is 0 Å². The maximum absolute atomic E-state index is 11.5. The zero-order valence-corrected chi connectivity index (χ0v) is 9.75. The van der Waals surface area contributed by atoms with Crippen molar-refractivity contribution in [2.24, 2.45) is 0 Å². The SMILES string of the molecule is C=CC(=O)Nc1ccc(S(=O)(=O)CC)cc1. The topological polar surface area (TPSA) is 63.2 Å². The minimum Gasteiger partial charge on any atom is -0.323 e. The lowest BCUT2D eigenvalue weighted by atomic mass is 10.3. The zero-order valence-electron chi connectivity index (χ0n) is 8.93. The van der Waals surface area contributed by atoms with Gasteiger partial charge in [0.1, 0.15) is 0 Å². The van der Waals surface area contributed by atoms with E-state index in [1.54, 1.807) is 19.1 Å². The third-order valence-electron chi connectivity index (χ3n) is 2.05. The summed E-state index contributed by atoms with van der Waals surface area (Å²) in [5.74, 6) is -0.267. The Hall–Kier alpha value is -1.62. The molecule has 0 bridgehead atoms. The Bertz CT molecular complexity index is 488. The van der Waals surface area contributed by atoms with Crippen LogP contribution in [-0.2, 0) is 14.6 Å². The number of anilines is 1. The van der Waals surface area contributed by atoms with Crippen molar-refractivity contribution in [3.8, 4) is 0 Å². The van der Waals surface area contributed by atoms with E-state index in [1.165, 1.54) is 12.1 Å². The van der Waals surface area contributed by atoms with Gasteiger partial charge in [-0.3, -0.25) is 4.79 Å². The number of hydrogen-bond donors (Lipinski definition) is 1. The second-order valence-electron chi connectivity index (χ2n) is 3.12. The van der Waals surface area contributed by atoms with Crippen LogP contribution in [0.5, 0.6) is 0 Å². The van der Waals surface area contributed by atoms with Crippen molar-refractivity contribution in [1.29, 1.82) is 0 Å². The van der Waals surface area contributed by atoms with Crippen LogP contribution in [0.25, 0.3) is 0 Å². The van der Waals surface area contributed by atoms with E-state index in [2.05, 4.69) is 11.9 Å². The highest BCUT2D eigenvalue weighted by Crippen LogP contribution is 2.15. The van der Waals surface area contributed by atoms with Crippen LogP contribution in [0.3, 0.4) is 0 Å². The third-order valence-corrected chi connectivity index (χ3v) is 3.80. The Morgan fingerprint density at radius 2 is 1.94 bits per heavy atom. The molecule has 0 fully saturated rings. The summed E-state index contributed by atoms with van der Waals surface area (Å²) < 4.78 is 23.0. The number of benzene rings is 1. The molecule has 0 aromatic heterocycles. The molecule has 1 aromatic rings. The summed E-state index contributed by atoms with van der Waals surface area (Å²) in [6, 6.07) is 6.03. The van der Waals surface area contributed by atoms with Crippen LogP contribution in [0.2, 0.25) is 0 Å². The predicted molar refractivity (Wildman–Crippen MR) is 63.0 cm³/mol. The second-order valence-corrected chi connectivity index (χ2v) is 5.40. The van der Waals surface area contributed by atoms with Gasteiger partial charge in [0.15, 0.2) is 9.84 Å². The number of amides is 1. The van der Waals surface area contributed by atoms with Crippen LogP contribution in [0.4, 0.5) is 5.69 Å². The molecule has 0 unspecified atom stereocenters. The fourth-order valence-electron chi connectivity index (χ4n) is 1.11. The summed E-state index contributed by atoms with van der Waals surface area (Å²) in [5.41, 5.74) is 0.542. The van der Waals surface area contributed by atoms with Gasteiger partial charge in [0.2, 0.25) is 5.91 Å². The number of rotatable bonds is 4. The number of hydrogen-bond acceptors (Lipinski definition) is 3. The smallest absolute Gasteiger partial charge is 0.247 e. The van der Waals surface area contributed by atoms with Gasteiger partial charge in [0.05, 0.1) is 10.6 Å². The summed E-state index contributed by atoms with van der Waals surface area (Å²) in [7, 11) is -3.18. The standard InChI is InChI=1S/C11H13NO3S/c1-3-11(13)12-9-5-7-10(8-6-9)16(14,15)4-2/h3,5-8H,1,4H2,2H3,(H,12,13). The van der Waals surface area contributed by atoms with Gasteiger partial charge in [0.25, 0.3) is 0 Å². The predicted octanol–water partition coefficient (Wildman–Crippen LogP) is 1.60. The average Bonchev–Trinajstić information content (AvgIpc) is 2.29. The highest BCUT2D eigenvalue weighted by Gasteiger charge is 2.10. The van der Waals surface area contributed by atoms with E-state index in [4.69, 9.17) is 0 Å². The molecule has 4 nitrogen and oxygen atoms in total. The number of sulfone groups is 1. The van der Waals surface area contributed by atoms with Crippen molar-refractivity contribution in [1.82, 2.24) is 0 Å². The van der Waals surface area contributed by atoms with Crippen LogP contribution in [-0.4, -0.2) is 20.1 Å². The third kappa shape index (κ3) is 2.93. The van der Waals surface area contributed by atoms with Crippen molar-refractivity contribution in [3.05, 3.63) is 36.9 Å². The van der Waals surface area contributed by atoms with E-state index >= 15 is 0 Å². The van der Waals surface area contributed by atoms with E-state index < -0.39 is 9.84 Å². The first-order chi connectivity index (χ1) is 7.49. The van der Waals surface area contributed by atoms with Crippen LogP contribution < -0.4 is 5.32 Å². The Kier molecular flexibility index (Phi) is 3.84. The maximum Gasteiger partial charge on any atom is 0.247 e. The van der Waals surface area contributed by atoms with Gasteiger partial charge in [-0.25, -0.2) is 8.42 Å². The molecular formula is C11H13NO3S. The van der Waals surface area contributed by atoms with Crippen LogP contribution in [0.1, 0.15) is 6.92 Å². The molecule has 0 saturated carbocycles. The summed E-state index contributed by atoms with van der Waals surface area (Å²) in [4.78, 5) is 11.2. The lowest BCUT2D eigenvalue weighted by Crippen LogP contribution is -2.08. The molecule has 0 aliphatic carbocycles. The summed E-state index contributed by atoms with van der Waals surface area (Å²) in [5, 5.41) is 2.54. The zero-order chi connectivity index (χ0) is 12.2. The summed E-state index contributed by atoms with van der Waals surface area (Å²) in [6.07, 6.45) is 1.15. The Morgan fingerprint density at radius 1 is 1.38 bits per heavy atom. The molecule has 0 spiro atoms. The molecule has 0 saturated heterocycles. The van der Waals surface area contributed by atoms with Gasteiger partial charge >= 0.3 is 0 Å². The molecule has 1 N–H and O–H groups in total. The molecule has 0 radical (unpaired) electrons. The van der Waals surface area contributed by atoms with Crippen molar-refractivity contribution in [3.63, 3.8) is 0 Å². The van der Waals surface area contributed by atoms with Crippen LogP contribution >= 0.6 is 0 Å². The Morgan fingerprint density at radius 3 is 2.38 bits per heavy atom. The molecule has 86 valence electrons. The maximum atomic E-state index is 11.5. The van der Waals surface area contributed by atoms with E-state index in [-0.39, 0.29) is 16.6 Å². The highest BCUT2D eigenvalue weighted by molar-refractivity contribution is 7.91. The van der Waals surface area contributed by atoms with E-state index in [0.29, 0.717) is 5.69 Å². The molecule has 5 heteroatoms. The van der Waals surface area contributed by atoms with Gasteiger partial charge in [-0.15, -0.1) is 0 Å². The number of carbonyl (C=O) groups is 1. The van der Waals surface area contributed by atoms with Gasteiger partial charge in [-0.05, 0) is 30.3 Å². The number of nitrogens with one attached hydrogen (secondary N) is 1. The second kappa shape index (κ2) is 4.94. The van der Waals surface area contributed by atoms with Gasteiger partial charge in [-0.2, -0.15) is 0 Å². The molecular weight excluding hydrogens is 226 g/mol. The number of carbonyl (C=O) groups excluding carboxylic acids is 1. The monoisotopic (exact) mass is 239 g/mol. The van der Waals surface area contributed by atoms with Gasteiger partial charge in [-0.1, -0.05) is 13.5 Å². The first kappa shape index (κ1) is 12.4. The molecule has 1 amide bonds. The van der Waals surface area contributed by atoms with E-state index in [1.807, 2.05) is 0 Å². The largest absolute Gasteiger partial charge is 0.323 e. The Balaban J connectivity index is 2.92. The minimum absolute atomic E-state index is 0.0609. The molecule has 0 aliphatic rings. The van der Waals surface area contributed by atoms with Crippen molar-refractivity contribution in [2.75, 3.05) is 11.1 Å². The first-order valence-corrected chi connectivity index (χ1v) is 6.41. The van der Waals surface area contributed by atoms with E-state index in [0.717, 1.165) is 6.08 Å². The first-order valence-electron chi connectivity index (χ1n) is 4.76. The van der Waals surface area contributed by atoms with Crippen molar-refractivity contribution >= 4 is 21.4 Å². The lowest BCUT2D eigenvalue weighted by molar-refractivity contribution is -0.111. The van der Waals surface area contributed by atoms with Gasteiger partial charge in [0, 0.05) is 5.69 Å². The molecule has 0 aliphatic heterocycles. The van der Waals surface area contributed by atoms with Crippen LogP contribution in [0.15, 0.2) is 41.8 Å². The quantitative estimate of drug-likeness (QED) is 0.812. The Labute approximate surface area is 94.9 Å². The van der Waals surface area contributed by atoms with E-state index in [9.17, 15) is 13.2 Å². The van der Waals surface area contributed by atoms with Gasteiger partial charge < -0.3 is 5.32 Å². The summed E-state index contributed by atoms with van der Waals surface area (Å²) in [6.45, 7) is 4.90. The molecule has 16 heavy (non-hydrogen) atoms. The highest BCUT2D eigenvalue weighted by atomic mass is 32.2. The van der Waals surface area contributed by atoms with Crippen molar-refractivity contribution in [2.45, 2.75) is 11.8 Å². The molecule has 0 heterocycles. The normalized spacial score (nSPS) is 10.8. The molecule has 0 atom stereocenters. The molecule has 1 aromatic carbocycles.